The van der Waals surface area contributed by atoms with E-state index < -0.39 is 35.0 Å². The lowest BCUT2D eigenvalue weighted by Crippen LogP contribution is -2.11. The number of hydrogen-bond donors (Lipinski definition) is 1. The van der Waals surface area contributed by atoms with Crippen LogP contribution in [-0.2, 0) is 12.6 Å². The van der Waals surface area contributed by atoms with Crippen LogP contribution in [0, 0.1) is 22.7 Å². The van der Waals surface area contributed by atoms with Crippen LogP contribution in [0.3, 0.4) is 0 Å². The zero-order valence-corrected chi connectivity index (χ0v) is 7.84. The fraction of sp³-hybridized carbons (Fsp3) is 0.200. The van der Waals surface area contributed by atoms with Crippen LogP contribution >= 0.6 is 0 Å². The lowest BCUT2D eigenvalue weighted by Gasteiger charge is -2.13. The third-order valence-corrected chi connectivity index (χ3v) is 1.88. The summed E-state index contributed by atoms with van der Waals surface area (Å²) in [4.78, 5) is 0. The van der Waals surface area contributed by atoms with Crippen LogP contribution in [0.15, 0.2) is 12.1 Å². The summed E-state index contributed by atoms with van der Waals surface area (Å²) in [6, 6.07) is 4.47. The fourth-order valence-electron chi connectivity index (χ4n) is 1.33. The monoisotopic (exact) mass is 226 g/mol. The second-order valence-electron chi connectivity index (χ2n) is 2.97. The van der Waals surface area contributed by atoms with Gasteiger partial charge in [-0.15, -0.1) is 0 Å². The summed E-state index contributed by atoms with van der Waals surface area (Å²) in [7, 11) is 0. The van der Waals surface area contributed by atoms with Crippen molar-refractivity contribution in [2.75, 3.05) is 0 Å². The van der Waals surface area contributed by atoms with E-state index in [1.165, 1.54) is 6.07 Å². The van der Waals surface area contributed by atoms with Gasteiger partial charge in [-0.3, -0.25) is 0 Å². The number of aromatic hydroxyl groups is 1. The molecule has 3 nitrogen and oxygen atoms in total. The maximum Gasteiger partial charge on any atom is 0.417 e. The van der Waals surface area contributed by atoms with Gasteiger partial charge in [0.2, 0.25) is 0 Å². The Hall–Kier alpha value is -2.21. The molecule has 0 unspecified atom stereocenters. The van der Waals surface area contributed by atoms with E-state index in [0.29, 0.717) is 0 Å². The number of hydrogen-bond acceptors (Lipinski definition) is 3. The summed E-state index contributed by atoms with van der Waals surface area (Å²) in [6.45, 7) is 0. The molecule has 0 aliphatic rings. The minimum absolute atomic E-state index is 0.397. The summed E-state index contributed by atoms with van der Waals surface area (Å²) in [5.74, 6) is -0.463. The average molecular weight is 226 g/mol. The molecule has 0 spiro atoms. The Balaban J connectivity index is 3.55. The molecule has 6 heteroatoms. The molecule has 1 aromatic rings. The van der Waals surface area contributed by atoms with Gasteiger partial charge < -0.3 is 5.11 Å². The van der Waals surface area contributed by atoms with E-state index in [4.69, 9.17) is 15.6 Å². The van der Waals surface area contributed by atoms with E-state index in [1.807, 2.05) is 0 Å². The molecule has 16 heavy (non-hydrogen) atoms. The number of phenols is 1. The molecule has 0 saturated heterocycles. The first-order valence-electron chi connectivity index (χ1n) is 4.10. The van der Waals surface area contributed by atoms with Gasteiger partial charge in [0.05, 0.1) is 29.7 Å². The van der Waals surface area contributed by atoms with Crippen LogP contribution in [0.4, 0.5) is 13.2 Å². The van der Waals surface area contributed by atoms with Crippen LogP contribution < -0.4 is 0 Å². The first kappa shape index (κ1) is 11.9. The van der Waals surface area contributed by atoms with Crippen LogP contribution in [0.5, 0.6) is 5.75 Å². The molecule has 0 aliphatic carbocycles. The van der Waals surface area contributed by atoms with Gasteiger partial charge in [-0.05, 0) is 17.7 Å². The van der Waals surface area contributed by atoms with Gasteiger partial charge in [-0.25, -0.2) is 0 Å². The van der Waals surface area contributed by atoms with Crippen molar-refractivity contribution in [3.05, 3.63) is 28.8 Å². The van der Waals surface area contributed by atoms with Crippen LogP contribution in [0.25, 0.3) is 0 Å². The Bertz CT molecular complexity index is 495. The third kappa shape index (κ3) is 2.23. The van der Waals surface area contributed by atoms with E-state index in [9.17, 15) is 13.2 Å². The highest BCUT2D eigenvalue weighted by atomic mass is 19.4. The van der Waals surface area contributed by atoms with E-state index in [2.05, 4.69) is 0 Å². The molecule has 1 rings (SSSR count). The Morgan fingerprint density at radius 3 is 2.31 bits per heavy atom. The summed E-state index contributed by atoms with van der Waals surface area (Å²) < 4.78 is 37.8. The maximum atomic E-state index is 12.6. The predicted octanol–water partition coefficient (Wildman–Crippen LogP) is 2.35. The van der Waals surface area contributed by atoms with Gasteiger partial charge in [-0.2, -0.15) is 23.7 Å². The first-order chi connectivity index (χ1) is 7.40. The molecule has 0 bridgehead atoms. The topological polar surface area (TPSA) is 67.8 Å². The normalized spacial score (nSPS) is 10.6. The highest BCUT2D eigenvalue weighted by Crippen LogP contribution is 2.36. The number of rotatable bonds is 1. The predicted molar refractivity (Wildman–Crippen MR) is 47.1 cm³/mol. The first-order valence-corrected chi connectivity index (χ1v) is 4.10. The standard InChI is InChI=1S/C10H5F3N2O/c11-10(12,13)9-6(1-2-14)3-8(16)4-7(9)5-15/h3-4,16H,1H2. The molecule has 1 N–H and O–H groups in total. The Kier molecular flexibility index (Phi) is 3.05. The number of benzene rings is 1. The fourth-order valence-corrected chi connectivity index (χ4v) is 1.33. The molecule has 0 saturated carbocycles. The molecule has 0 fully saturated rings. The SMILES string of the molecule is N#CCc1cc(O)cc(C#N)c1C(F)(F)F. The molecule has 0 atom stereocenters. The number of phenolic OH excluding ortho intramolecular Hbond substituents is 1. The summed E-state index contributed by atoms with van der Waals surface area (Å²) in [5, 5.41) is 26.1. The molecular weight excluding hydrogens is 221 g/mol. The Morgan fingerprint density at radius 2 is 1.88 bits per heavy atom. The van der Waals surface area contributed by atoms with Gasteiger partial charge in [-0.1, -0.05) is 0 Å². The van der Waals surface area contributed by atoms with Crippen molar-refractivity contribution in [2.45, 2.75) is 12.6 Å². The zero-order valence-electron chi connectivity index (χ0n) is 7.84. The minimum Gasteiger partial charge on any atom is -0.508 e. The van der Waals surface area contributed by atoms with Crippen molar-refractivity contribution >= 4 is 0 Å². The van der Waals surface area contributed by atoms with E-state index in [-0.39, 0.29) is 0 Å². The van der Waals surface area contributed by atoms with E-state index >= 15 is 0 Å². The molecule has 0 aromatic heterocycles. The van der Waals surface area contributed by atoms with Crippen LogP contribution in [0.1, 0.15) is 16.7 Å². The lowest BCUT2D eigenvalue weighted by atomic mass is 9.98. The van der Waals surface area contributed by atoms with Crippen molar-refractivity contribution < 1.29 is 18.3 Å². The van der Waals surface area contributed by atoms with Crippen LogP contribution in [0.2, 0.25) is 0 Å². The largest absolute Gasteiger partial charge is 0.508 e. The highest BCUT2D eigenvalue weighted by molar-refractivity contribution is 5.50. The number of halogens is 3. The summed E-state index contributed by atoms with van der Waals surface area (Å²) in [6.07, 6.45) is -5.23. The minimum atomic E-state index is -4.72. The van der Waals surface area contributed by atoms with E-state index in [1.54, 1.807) is 6.07 Å². The van der Waals surface area contributed by atoms with Gasteiger partial charge in [0, 0.05) is 0 Å². The second-order valence-corrected chi connectivity index (χ2v) is 2.97. The van der Waals surface area contributed by atoms with Gasteiger partial charge in [0.1, 0.15) is 5.75 Å². The highest BCUT2D eigenvalue weighted by Gasteiger charge is 2.36. The van der Waals surface area contributed by atoms with Crippen molar-refractivity contribution in [3.63, 3.8) is 0 Å². The number of nitrogens with zero attached hydrogens (tertiary/aromatic N) is 2. The molecule has 0 amide bonds. The van der Waals surface area contributed by atoms with Gasteiger partial charge >= 0.3 is 6.18 Å². The maximum absolute atomic E-state index is 12.6. The molecular formula is C10H5F3N2O. The van der Waals surface area contributed by atoms with Crippen molar-refractivity contribution in [1.82, 2.24) is 0 Å². The molecule has 0 aliphatic heterocycles. The van der Waals surface area contributed by atoms with Gasteiger partial charge in [0.25, 0.3) is 0 Å². The summed E-state index contributed by atoms with van der Waals surface area (Å²) in [5.41, 5.74) is -2.24. The van der Waals surface area contributed by atoms with Crippen molar-refractivity contribution in [1.29, 1.82) is 10.5 Å². The molecule has 0 radical (unpaired) electrons. The Morgan fingerprint density at radius 1 is 1.25 bits per heavy atom. The molecule has 0 heterocycles. The van der Waals surface area contributed by atoms with E-state index in [0.717, 1.165) is 12.1 Å². The van der Waals surface area contributed by atoms with Crippen molar-refractivity contribution in [3.8, 4) is 17.9 Å². The quantitative estimate of drug-likeness (QED) is 0.799. The van der Waals surface area contributed by atoms with Crippen LogP contribution in [-0.4, -0.2) is 5.11 Å². The third-order valence-electron chi connectivity index (χ3n) is 1.88. The molecule has 1 aromatic carbocycles. The molecule has 82 valence electrons. The second kappa shape index (κ2) is 4.11. The number of nitriles is 2. The lowest BCUT2D eigenvalue weighted by molar-refractivity contribution is -0.138. The van der Waals surface area contributed by atoms with Crippen molar-refractivity contribution in [2.24, 2.45) is 0 Å². The average Bonchev–Trinajstić information content (AvgIpc) is 2.15. The Labute approximate surface area is 89.0 Å². The zero-order chi connectivity index (χ0) is 12.3. The van der Waals surface area contributed by atoms with Gasteiger partial charge in [0.15, 0.2) is 0 Å². The number of alkyl halides is 3. The summed E-state index contributed by atoms with van der Waals surface area (Å²) >= 11 is 0. The smallest absolute Gasteiger partial charge is 0.417 e.